The van der Waals surface area contributed by atoms with Gasteiger partial charge in [-0.25, -0.2) is 0 Å². The van der Waals surface area contributed by atoms with E-state index < -0.39 is 6.10 Å². The third-order valence-electron chi connectivity index (χ3n) is 5.25. The van der Waals surface area contributed by atoms with E-state index in [-0.39, 0.29) is 12.4 Å². The molecule has 0 fully saturated rings. The SMILES string of the molecule is CCCCCCCC=CCCC(OCc1ccccc1)C(=O)COCc1ccccc1. The zero-order valence-corrected chi connectivity index (χ0v) is 19.0. The molecule has 168 valence electrons. The van der Waals surface area contributed by atoms with Crippen molar-refractivity contribution in [3.63, 3.8) is 0 Å². The minimum atomic E-state index is -0.440. The molecule has 0 aliphatic rings. The van der Waals surface area contributed by atoms with Crippen LogP contribution < -0.4 is 0 Å². The highest BCUT2D eigenvalue weighted by Crippen LogP contribution is 2.12. The van der Waals surface area contributed by atoms with E-state index in [0.717, 1.165) is 24.0 Å². The number of hydrogen-bond donors (Lipinski definition) is 0. The van der Waals surface area contributed by atoms with Gasteiger partial charge in [-0.1, -0.05) is 105 Å². The van der Waals surface area contributed by atoms with E-state index >= 15 is 0 Å². The van der Waals surface area contributed by atoms with Crippen LogP contribution in [0.15, 0.2) is 72.8 Å². The lowest BCUT2D eigenvalue weighted by atomic mass is 10.1. The molecule has 2 aromatic rings. The molecule has 3 nitrogen and oxygen atoms in total. The van der Waals surface area contributed by atoms with Crippen LogP contribution in [0.3, 0.4) is 0 Å². The van der Waals surface area contributed by atoms with Crippen molar-refractivity contribution in [3.05, 3.63) is 83.9 Å². The van der Waals surface area contributed by atoms with Gasteiger partial charge in [0.1, 0.15) is 12.7 Å². The maximum absolute atomic E-state index is 12.7. The minimum absolute atomic E-state index is 0.0137. The van der Waals surface area contributed by atoms with E-state index in [1.54, 1.807) is 0 Å². The molecular formula is C28H38O3. The van der Waals surface area contributed by atoms with Crippen LogP contribution in [0, 0.1) is 0 Å². The predicted octanol–water partition coefficient (Wildman–Crippen LogP) is 7.05. The highest BCUT2D eigenvalue weighted by molar-refractivity contribution is 5.84. The van der Waals surface area contributed by atoms with Crippen molar-refractivity contribution in [2.75, 3.05) is 6.61 Å². The Bertz CT molecular complexity index is 724. The maximum atomic E-state index is 12.7. The number of carbonyl (C=O) groups excluding carboxylic acids is 1. The molecule has 2 rings (SSSR count). The molecule has 0 aliphatic carbocycles. The molecule has 0 spiro atoms. The van der Waals surface area contributed by atoms with Gasteiger partial charge in [-0.05, 0) is 36.8 Å². The largest absolute Gasteiger partial charge is 0.369 e. The zero-order valence-electron chi connectivity index (χ0n) is 19.0. The standard InChI is InChI=1S/C28H38O3/c1-2-3-4-5-6-7-8-9-16-21-28(31-23-26-19-14-11-15-20-26)27(29)24-30-22-25-17-12-10-13-18-25/h8-15,17-20,28H,2-7,16,21-24H2,1H3. The highest BCUT2D eigenvalue weighted by atomic mass is 16.5. The number of ether oxygens (including phenoxy) is 2. The van der Waals surface area contributed by atoms with Crippen LogP contribution in [0.2, 0.25) is 0 Å². The molecule has 0 amide bonds. The fourth-order valence-electron chi connectivity index (χ4n) is 3.39. The second kappa shape index (κ2) is 16.5. The molecule has 0 bridgehead atoms. The van der Waals surface area contributed by atoms with Gasteiger partial charge in [0.05, 0.1) is 13.2 Å². The Labute approximate surface area is 188 Å². The van der Waals surface area contributed by atoms with Gasteiger partial charge in [0, 0.05) is 0 Å². The van der Waals surface area contributed by atoms with Crippen LogP contribution in [-0.4, -0.2) is 18.5 Å². The Morgan fingerprint density at radius 2 is 1.42 bits per heavy atom. The summed E-state index contributed by atoms with van der Waals surface area (Å²) >= 11 is 0. The Balaban J connectivity index is 1.75. The number of carbonyl (C=O) groups is 1. The van der Waals surface area contributed by atoms with E-state index in [1.165, 1.54) is 32.1 Å². The van der Waals surface area contributed by atoms with Gasteiger partial charge in [0.2, 0.25) is 0 Å². The Hall–Kier alpha value is -2.23. The van der Waals surface area contributed by atoms with Crippen LogP contribution in [0.5, 0.6) is 0 Å². The quantitative estimate of drug-likeness (QED) is 0.202. The summed E-state index contributed by atoms with van der Waals surface area (Å²) in [6.45, 7) is 3.20. The molecule has 0 saturated carbocycles. The number of hydrogen-bond acceptors (Lipinski definition) is 3. The first kappa shape index (κ1) is 25.0. The Morgan fingerprint density at radius 1 is 0.806 bits per heavy atom. The first-order valence-electron chi connectivity index (χ1n) is 11.7. The molecule has 1 unspecified atom stereocenters. The fraction of sp³-hybridized carbons (Fsp3) is 0.464. The van der Waals surface area contributed by atoms with Crippen LogP contribution in [0.25, 0.3) is 0 Å². The van der Waals surface area contributed by atoms with E-state index in [9.17, 15) is 4.79 Å². The summed E-state index contributed by atoms with van der Waals surface area (Å²) in [6.07, 6.45) is 13.1. The average Bonchev–Trinajstić information content (AvgIpc) is 2.81. The van der Waals surface area contributed by atoms with Crippen LogP contribution in [-0.2, 0) is 27.5 Å². The van der Waals surface area contributed by atoms with Crippen LogP contribution in [0.4, 0.5) is 0 Å². The number of unbranched alkanes of at least 4 members (excludes halogenated alkanes) is 5. The molecule has 0 aromatic heterocycles. The van der Waals surface area contributed by atoms with Crippen molar-refractivity contribution in [2.45, 2.75) is 77.6 Å². The summed E-state index contributed by atoms with van der Waals surface area (Å²) in [5.41, 5.74) is 2.15. The predicted molar refractivity (Wildman–Crippen MR) is 128 cm³/mol. The van der Waals surface area contributed by atoms with Gasteiger partial charge in [-0.15, -0.1) is 0 Å². The molecular weight excluding hydrogens is 384 g/mol. The molecule has 0 radical (unpaired) electrons. The number of ketones is 1. The highest BCUT2D eigenvalue weighted by Gasteiger charge is 2.18. The molecule has 0 N–H and O–H groups in total. The summed E-state index contributed by atoms with van der Waals surface area (Å²) in [5, 5.41) is 0. The van der Waals surface area contributed by atoms with Crippen molar-refractivity contribution in [1.29, 1.82) is 0 Å². The second-order valence-electron chi connectivity index (χ2n) is 7.98. The lowest BCUT2D eigenvalue weighted by molar-refractivity contribution is -0.137. The van der Waals surface area contributed by atoms with E-state index in [2.05, 4.69) is 19.1 Å². The average molecular weight is 423 g/mol. The molecule has 3 heteroatoms. The lowest BCUT2D eigenvalue weighted by Gasteiger charge is -2.16. The smallest absolute Gasteiger partial charge is 0.187 e. The molecule has 1 atom stereocenters. The number of Topliss-reactive ketones (excluding diaryl/α,β-unsaturated/α-hetero) is 1. The van der Waals surface area contributed by atoms with Gasteiger partial charge >= 0.3 is 0 Å². The van der Waals surface area contributed by atoms with Crippen molar-refractivity contribution >= 4 is 5.78 Å². The third kappa shape index (κ3) is 11.7. The normalized spacial score (nSPS) is 12.3. The second-order valence-corrected chi connectivity index (χ2v) is 7.98. The first-order valence-corrected chi connectivity index (χ1v) is 11.7. The van der Waals surface area contributed by atoms with Gasteiger partial charge in [-0.3, -0.25) is 4.79 Å². The molecule has 0 saturated heterocycles. The monoisotopic (exact) mass is 422 g/mol. The first-order chi connectivity index (χ1) is 15.3. The van der Waals surface area contributed by atoms with Crippen LogP contribution in [0.1, 0.15) is 69.4 Å². The summed E-state index contributed by atoms with van der Waals surface area (Å²) in [7, 11) is 0. The fourth-order valence-corrected chi connectivity index (χ4v) is 3.39. The molecule has 0 heterocycles. The van der Waals surface area contributed by atoms with Gasteiger partial charge in [0.25, 0.3) is 0 Å². The summed E-state index contributed by atoms with van der Waals surface area (Å²) in [5.74, 6) is 0.0137. The van der Waals surface area contributed by atoms with Gasteiger partial charge in [0.15, 0.2) is 5.78 Å². The van der Waals surface area contributed by atoms with Crippen molar-refractivity contribution in [1.82, 2.24) is 0 Å². The zero-order chi connectivity index (χ0) is 22.0. The molecule has 31 heavy (non-hydrogen) atoms. The number of rotatable bonds is 17. The van der Waals surface area contributed by atoms with E-state index in [0.29, 0.717) is 19.6 Å². The lowest BCUT2D eigenvalue weighted by Crippen LogP contribution is -2.28. The van der Waals surface area contributed by atoms with Gasteiger partial charge in [-0.2, -0.15) is 0 Å². The topological polar surface area (TPSA) is 35.5 Å². The maximum Gasteiger partial charge on any atom is 0.187 e. The third-order valence-corrected chi connectivity index (χ3v) is 5.25. The molecule has 0 aliphatic heterocycles. The Morgan fingerprint density at radius 3 is 2.10 bits per heavy atom. The number of benzene rings is 2. The van der Waals surface area contributed by atoms with Crippen molar-refractivity contribution in [3.8, 4) is 0 Å². The molecule has 2 aromatic carbocycles. The van der Waals surface area contributed by atoms with Crippen molar-refractivity contribution in [2.24, 2.45) is 0 Å². The van der Waals surface area contributed by atoms with E-state index in [4.69, 9.17) is 9.47 Å². The van der Waals surface area contributed by atoms with Crippen molar-refractivity contribution < 1.29 is 14.3 Å². The Kier molecular flexibility index (Phi) is 13.3. The number of allylic oxidation sites excluding steroid dienone is 2. The minimum Gasteiger partial charge on any atom is -0.369 e. The summed E-state index contributed by atoms with van der Waals surface area (Å²) < 4.78 is 11.7. The van der Waals surface area contributed by atoms with E-state index in [1.807, 2.05) is 60.7 Å². The van der Waals surface area contributed by atoms with Crippen LogP contribution >= 0.6 is 0 Å². The summed E-state index contributed by atoms with van der Waals surface area (Å²) in [4.78, 5) is 12.7. The summed E-state index contributed by atoms with van der Waals surface area (Å²) in [6, 6.07) is 19.9. The van der Waals surface area contributed by atoms with Gasteiger partial charge < -0.3 is 9.47 Å².